The highest BCUT2D eigenvalue weighted by molar-refractivity contribution is 9.10. The number of aromatic nitrogens is 1. The van der Waals surface area contributed by atoms with Crippen molar-refractivity contribution in [1.82, 2.24) is 4.98 Å². The molecule has 0 saturated carbocycles. The van der Waals surface area contributed by atoms with Crippen molar-refractivity contribution in [3.05, 3.63) is 16.9 Å². The number of rotatable bonds is 2. The van der Waals surface area contributed by atoms with Crippen LogP contribution < -0.4 is 11.1 Å². The first kappa shape index (κ1) is 9.32. The third-order valence-corrected chi connectivity index (χ3v) is 2.02. The third-order valence-electron chi connectivity index (χ3n) is 1.38. The number of nitrogens with one attached hydrogen (secondary N) is 1. The third kappa shape index (κ3) is 2.11. The van der Waals surface area contributed by atoms with Gasteiger partial charge in [0.1, 0.15) is 0 Å². The van der Waals surface area contributed by atoms with Crippen LogP contribution in [-0.2, 0) is 0 Å². The summed E-state index contributed by atoms with van der Waals surface area (Å²) < 4.78 is 0.827. The number of anilines is 2. The zero-order chi connectivity index (χ0) is 9.14. The SMILES string of the molecule is CC(C)Nc1cncc(Br)c1N. The molecule has 1 aromatic heterocycles. The van der Waals surface area contributed by atoms with E-state index in [1.54, 1.807) is 12.4 Å². The van der Waals surface area contributed by atoms with Gasteiger partial charge in [0.25, 0.3) is 0 Å². The van der Waals surface area contributed by atoms with Gasteiger partial charge in [-0.2, -0.15) is 0 Å². The van der Waals surface area contributed by atoms with Gasteiger partial charge in [-0.3, -0.25) is 4.98 Å². The maximum atomic E-state index is 5.78. The lowest BCUT2D eigenvalue weighted by Crippen LogP contribution is -2.11. The van der Waals surface area contributed by atoms with Crippen LogP contribution in [0.15, 0.2) is 16.9 Å². The maximum absolute atomic E-state index is 5.78. The van der Waals surface area contributed by atoms with Crippen molar-refractivity contribution >= 4 is 27.3 Å². The molecular formula is C8H12BrN3. The number of hydrogen-bond donors (Lipinski definition) is 2. The summed E-state index contributed by atoms with van der Waals surface area (Å²) in [7, 11) is 0. The average molecular weight is 230 g/mol. The van der Waals surface area contributed by atoms with Crippen LogP contribution in [0.3, 0.4) is 0 Å². The van der Waals surface area contributed by atoms with Gasteiger partial charge in [0, 0.05) is 12.2 Å². The molecular weight excluding hydrogens is 218 g/mol. The van der Waals surface area contributed by atoms with Crippen molar-refractivity contribution in [1.29, 1.82) is 0 Å². The highest BCUT2D eigenvalue weighted by Crippen LogP contribution is 2.25. The summed E-state index contributed by atoms with van der Waals surface area (Å²) in [5.41, 5.74) is 7.36. The first-order chi connectivity index (χ1) is 5.61. The Kier molecular flexibility index (Phi) is 2.92. The minimum atomic E-state index is 0.364. The van der Waals surface area contributed by atoms with Crippen molar-refractivity contribution in [2.45, 2.75) is 19.9 Å². The quantitative estimate of drug-likeness (QED) is 0.819. The summed E-state index contributed by atoms with van der Waals surface area (Å²) in [5, 5.41) is 3.20. The Hall–Kier alpha value is -0.770. The van der Waals surface area contributed by atoms with E-state index in [0.717, 1.165) is 10.2 Å². The van der Waals surface area contributed by atoms with Crippen LogP contribution in [0.4, 0.5) is 11.4 Å². The molecule has 1 rings (SSSR count). The average Bonchev–Trinajstić information content (AvgIpc) is 1.98. The number of nitrogens with zero attached hydrogens (tertiary/aromatic N) is 1. The van der Waals surface area contributed by atoms with Gasteiger partial charge >= 0.3 is 0 Å². The summed E-state index contributed by atoms with van der Waals surface area (Å²) in [6.45, 7) is 4.11. The second-order valence-corrected chi connectivity index (χ2v) is 3.74. The van der Waals surface area contributed by atoms with Gasteiger partial charge in [-0.1, -0.05) is 0 Å². The number of hydrogen-bond acceptors (Lipinski definition) is 3. The molecule has 0 fully saturated rings. The van der Waals surface area contributed by atoms with E-state index in [1.165, 1.54) is 0 Å². The van der Waals surface area contributed by atoms with Crippen molar-refractivity contribution in [3.63, 3.8) is 0 Å². The largest absolute Gasteiger partial charge is 0.396 e. The number of halogens is 1. The molecule has 0 bridgehead atoms. The van der Waals surface area contributed by atoms with Crippen LogP contribution in [0.2, 0.25) is 0 Å². The zero-order valence-corrected chi connectivity index (χ0v) is 8.72. The van der Waals surface area contributed by atoms with Gasteiger partial charge in [-0.15, -0.1) is 0 Å². The first-order valence-corrected chi connectivity index (χ1v) is 4.56. The summed E-state index contributed by atoms with van der Waals surface area (Å²) in [4.78, 5) is 4.01. The van der Waals surface area contributed by atoms with Crippen LogP contribution in [-0.4, -0.2) is 11.0 Å². The Bertz CT molecular complexity index is 273. The Morgan fingerprint density at radius 1 is 1.50 bits per heavy atom. The van der Waals surface area contributed by atoms with E-state index in [0.29, 0.717) is 11.7 Å². The Morgan fingerprint density at radius 2 is 2.17 bits per heavy atom. The van der Waals surface area contributed by atoms with E-state index in [1.807, 2.05) is 0 Å². The molecule has 4 heteroatoms. The summed E-state index contributed by atoms with van der Waals surface area (Å²) >= 11 is 3.31. The van der Waals surface area contributed by atoms with Gasteiger partial charge in [-0.05, 0) is 29.8 Å². The minimum Gasteiger partial charge on any atom is -0.396 e. The number of nitrogens with two attached hydrogens (primary N) is 1. The lowest BCUT2D eigenvalue weighted by molar-refractivity contribution is 0.898. The lowest BCUT2D eigenvalue weighted by Gasteiger charge is -2.12. The van der Waals surface area contributed by atoms with Gasteiger partial charge in [0.05, 0.1) is 22.0 Å². The van der Waals surface area contributed by atoms with Gasteiger partial charge in [-0.25, -0.2) is 0 Å². The second-order valence-electron chi connectivity index (χ2n) is 2.88. The number of nitrogen functional groups attached to an aromatic ring is 1. The topological polar surface area (TPSA) is 50.9 Å². The molecule has 0 aromatic carbocycles. The lowest BCUT2D eigenvalue weighted by atomic mass is 10.3. The molecule has 0 spiro atoms. The summed E-state index contributed by atoms with van der Waals surface area (Å²) in [6, 6.07) is 0.364. The van der Waals surface area contributed by atoms with Gasteiger partial charge < -0.3 is 11.1 Å². The van der Waals surface area contributed by atoms with Gasteiger partial charge in [0.2, 0.25) is 0 Å². The molecule has 0 saturated heterocycles. The molecule has 0 aliphatic carbocycles. The molecule has 0 amide bonds. The fourth-order valence-electron chi connectivity index (χ4n) is 0.871. The standard InChI is InChI=1S/C8H12BrN3/c1-5(2)12-7-4-11-3-6(9)8(7)10/h3-5,12H,1-2H3,(H2,10,11). The molecule has 0 aliphatic rings. The van der Waals surface area contributed by atoms with E-state index < -0.39 is 0 Å². The van der Waals surface area contributed by atoms with Crippen LogP contribution in [0.5, 0.6) is 0 Å². The highest BCUT2D eigenvalue weighted by Gasteiger charge is 2.03. The normalized spacial score (nSPS) is 10.3. The van der Waals surface area contributed by atoms with E-state index >= 15 is 0 Å². The van der Waals surface area contributed by atoms with Crippen LogP contribution in [0.1, 0.15) is 13.8 Å². The van der Waals surface area contributed by atoms with Crippen LogP contribution >= 0.6 is 15.9 Å². The van der Waals surface area contributed by atoms with Gasteiger partial charge in [0.15, 0.2) is 0 Å². The van der Waals surface area contributed by atoms with Crippen molar-refractivity contribution in [3.8, 4) is 0 Å². The number of pyridine rings is 1. The predicted molar refractivity (Wildman–Crippen MR) is 55.1 cm³/mol. The molecule has 1 aromatic rings. The Morgan fingerprint density at radius 3 is 2.75 bits per heavy atom. The Labute approximate surface area is 80.5 Å². The Balaban J connectivity index is 2.92. The molecule has 0 unspecified atom stereocenters. The van der Waals surface area contributed by atoms with E-state index in [-0.39, 0.29) is 0 Å². The van der Waals surface area contributed by atoms with Crippen molar-refractivity contribution < 1.29 is 0 Å². The summed E-state index contributed by atoms with van der Waals surface area (Å²) in [5.74, 6) is 0. The molecule has 66 valence electrons. The fourth-order valence-corrected chi connectivity index (χ4v) is 1.20. The molecule has 3 nitrogen and oxygen atoms in total. The molecule has 3 N–H and O–H groups in total. The maximum Gasteiger partial charge on any atom is 0.0774 e. The molecule has 0 atom stereocenters. The monoisotopic (exact) mass is 229 g/mol. The predicted octanol–water partition coefficient (Wildman–Crippen LogP) is 2.25. The zero-order valence-electron chi connectivity index (χ0n) is 7.13. The smallest absolute Gasteiger partial charge is 0.0774 e. The van der Waals surface area contributed by atoms with Crippen LogP contribution in [0.25, 0.3) is 0 Å². The van der Waals surface area contributed by atoms with Crippen LogP contribution in [0, 0.1) is 0 Å². The molecule has 0 aliphatic heterocycles. The molecule has 12 heavy (non-hydrogen) atoms. The van der Waals surface area contributed by atoms with Crippen molar-refractivity contribution in [2.24, 2.45) is 0 Å². The minimum absolute atomic E-state index is 0.364. The molecule has 0 radical (unpaired) electrons. The molecule has 1 heterocycles. The van der Waals surface area contributed by atoms with E-state index in [2.05, 4.69) is 40.1 Å². The second kappa shape index (κ2) is 3.76. The van der Waals surface area contributed by atoms with E-state index in [4.69, 9.17) is 5.73 Å². The highest BCUT2D eigenvalue weighted by atomic mass is 79.9. The van der Waals surface area contributed by atoms with Crippen molar-refractivity contribution in [2.75, 3.05) is 11.1 Å². The first-order valence-electron chi connectivity index (χ1n) is 3.76. The summed E-state index contributed by atoms with van der Waals surface area (Å²) in [6.07, 6.45) is 3.40. The fraction of sp³-hybridized carbons (Fsp3) is 0.375. The van der Waals surface area contributed by atoms with E-state index in [9.17, 15) is 0 Å².